The Hall–Kier alpha value is -2.50. The Morgan fingerprint density at radius 3 is 2.27 bits per heavy atom. The zero-order valence-corrected chi connectivity index (χ0v) is 15.4. The summed E-state index contributed by atoms with van der Waals surface area (Å²) < 4.78 is 86.3. The van der Waals surface area contributed by atoms with E-state index in [4.69, 9.17) is 33.5 Å². The molecule has 2 nitrogen and oxygen atoms in total. The summed E-state index contributed by atoms with van der Waals surface area (Å²) >= 11 is 0. The van der Waals surface area contributed by atoms with Crippen LogP contribution in [-0.2, 0) is 5.92 Å². The summed E-state index contributed by atoms with van der Waals surface area (Å²) in [5.41, 5.74) is -1.62. The third kappa shape index (κ3) is 2.83. The average molecular weight is 415 g/mol. The number of halogens is 6. The number of alkyl halides is 5. The normalized spacial score (nSPS) is 23.7. The second-order valence-corrected chi connectivity index (χ2v) is 6.94. The summed E-state index contributed by atoms with van der Waals surface area (Å²) in [5.74, 6) is -13.8. The van der Waals surface area contributed by atoms with Gasteiger partial charge in [-0.2, -0.15) is 22.8 Å². The monoisotopic (exact) mass is 415 g/mol. The smallest absolute Gasteiger partial charge is 0.336 e. The highest BCUT2D eigenvalue weighted by Gasteiger charge is 2.74. The standard InChI is InChI=1S/C18H7B3F5NO.CH3F/c19-15-13-11(28-9-4-7(6-27)3-8(22)5-9)2-1-10-12(13)14(16(15,20)21)18(25,26)17(10,23)24;1-2/h1-5,14-15H;1H3. The maximum atomic E-state index is 14.5. The molecule has 6 radical (unpaired) electrons. The highest BCUT2D eigenvalue weighted by Crippen LogP contribution is 2.72. The van der Waals surface area contributed by atoms with Gasteiger partial charge in [-0.25, -0.2) is 4.39 Å². The molecule has 0 bridgehead atoms. The van der Waals surface area contributed by atoms with E-state index in [9.17, 15) is 26.3 Å². The van der Waals surface area contributed by atoms with Gasteiger partial charge in [0.15, 0.2) is 0 Å². The van der Waals surface area contributed by atoms with Crippen molar-refractivity contribution in [3.05, 3.63) is 58.4 Å². The molecule has 2 aromatic rings. The summed E-state index contributed by atoms with van der Waals surface area (Å²) in [5, 5.41) is 6.56. The van der Waals surface area contributed by atoms with E-state index in [1.807, 2.05) is 0 Å². The predicted octanol–water partition coefficient (Wildman–Crippen LogP) is 4.58. The molecular weight excluding hydrogens is 405 g/mol. The summed E-state index contributed by atoms with van der Waals surface area (Å²) in [7, 11) is 18.0. The fourth-order valence-corrected chi connectivity index (χ4v) is 3.96. The molecule has 4 rings (SSSR count). The summed E-state index contributed by atoms with van der Waals surface area (Å²) in [4.78, 5) is 0. The maximum absolute atomic E-state index is 14.5. The number of hydrogen-bond donors (Lipinski definition) is 0. The van der Waals surface area contributed by atoms with Gasteiger partial charge in [-0.15, -0.1) is 0 Å². The quantitative estimate of drug-likeness (QED) is 0.532. The summed E-state index contributed by atoms with van der Waals surface area (Å²) in [6.45, 7) is 0. The van der Waals surface area contributed by atoms with Crippen molar-refractivity contribution in [1.82, 2.24) is 0 Å². The van der Waals surface area contributed by atoms with E-state index in [2.05, 4.69) is 0 Å². The lowest BCUT2D eigenvalue weighted by Gasteiger charge is -2.37. The number of ether oxygens (including phenoxy) is 1. The Kier molecular flexibility index (Phi) is 5.21. The van der Waals surface area contributed by atoms with Gasteiger partial charge in [-0.05, 0) is 35.4 Å². The number of nitriles is 1. The molecule has 2 atom stereocenters. The van der Waals surface area contributed by atoms with Gasteiger partial charge in [-0.3, -0.25) is 4.39 Å². The molecule has 2 aliphatic rings. The van der Waals surface area contributed by atoms with Gasteiger partial charge in [-0.1, -0.05) is 11.0 Å². The minimum absolute atomic E-state index is 0.0557. The van der Waals surface area contributed by atoms with Gasteiger partial charge in [0.1, 0.15) is 17.3 Å². The van der Waals surface area contributed by atoms with Crippen LogP contribution in [0.1, 0.15) is 34.0 Å². The van der Waals surface area contributed by atoms with Crippen molar-refractivity contribution < 1.29 is 31.1 Å². The van der Waals surface area contributed by atoms with Crippen LogP contribution in [0.15, 0.2) is 30.3 Å². The first kappa shape index (κ1) is 22.2. The molecule has 30 heavy (non-hydrogen) atoms. The van der Waals surface area contributed by atoms with E-state index < -0.39 is 45.7 Å². The van der Waals surface area contributed by atoms with E-state index in [0.717, 1.165) is 24.3 Å². The average Bonchev–Trinajstić information content (AvgIpc) is 2.99. The van der Waals surface area contributed by atoms with Crippen molar-refractivity contribution in [1.29, 1.82) is 5.26 Å². The molecule has 2 aromatic carbocycles. The van der Waals surface area contributed by atoms with Gasteiger partial charge >= 0.3 is 11.8 Å². The van der Waals surface area contributed by atoms with Crippen LogP contribution in [0.5, 0.6) is 11.5 Å². The van der Waals surface area contributed by atoms with E-state index in [-0.39, 0.29) is 22.6 Å². The van der Waals surface area contributed by atoms with Gasteiger partial charge in [0.05, 0.1) is 42.3 Å². The molecule has 0 fully saturated rings. The molecular formula is C19H10B3F6NO. The molecule has 0 aromatic heterocycles. The molecule has 2 unspecified atom stereocenters. The Labute approximate surface area is 172 Å². The summed E-state index contributed by atoms with van der Waals surface area (Å²) in [6.07, 6.45) is 0. The Balaban J connectivity index is 0.00000124. The fraction of sp³-hybridized carbons (Fsp3) is 0.316. The van der Waals surface area contributed by atoms with E-state index in [0.29, 0.717) is 7.18 Å². The minimum atomic E-state index is -4.55. The summed E-state index contributed by atoms with van der Waals surface area (Å²) in [6, 6.07) is 6.65. The van der Waals surface area contributed by atoms with Gasteiger partial charge in [0, 0.05) is 17.5 Å². The highest BCUT2D eigenvalue weighted by atomic mass is 19.3. The van der Waals surface area contributed by atoms with E-state index >= 15 is 0 Å². The van der Waals surface area contributed by atoms with Crippen molar-refractivity contribution in [3.8, 4) is 17.6 Å². The highest BCUT2D eigenvalue weighted by molar-refractivity contribution is 6.45. The van der Waals surface area contributed by atoms with Crippen LogP contribution in [0.2, 0.25) is 5.21 Å². The molecule has 0 N–H and O–H groups in total. The molecule has 0 saturated heterocycles. The Morgan fingerprint density at radius 1 is 1.03 bits per heavy atom. The van der Waals surface area contributed by atoms with E-state index in [1.54, 1.807) is 6.07 Å². The topological polar surface area (TPSA) is 33.0 Å². The predicted molar refractivity (Wildman–Crippen MR) is 98.9 cm³/mol. The third-order valence-electron chi connectivity index (χ3n) is 5.23. The van der Waals surface area contributed by atoms with Crippen LogP contribution in [0.25, 0.3) is 0 Å². The van der Waals surface area contributed by atoms with Gasteiger partial charge in [0.2, 0.25) is 0 Å². The first-order valence-corrected chi connectivity index (χ1v) is 8.45. The van der Waals surface area contributed by atoms with Crippen molar-refractivity contribution >= 4 is 23.5 Å². The van der Waals surface area contributed by atoms with Crippen LogP contribution >= 0.6 is 0 Å². The van der Waals surface area contributed by atoms with Crippen LogP contribution in [0, 0.1) is 17.1 Å². The van der Waals surface area contributed by atoms with Gasteiger partial charge < -0.3 is 4.74 Å². The molecule has 2 aliphatic carbocycles. The van der Waals surface area contributed by atoms with Gasteiger partial charge in [0.25, 0.3) is 0 Å². The largest absolute Gasteiger partial charge is 0.457 e. The Morgan fingerprint density at radius 2 is 1.67 bits per heavy atom. The molecule has 11 heteroatoms. The molecule has 0 saturated carbocycles. The van der Waals surface area contributed by atoms with Crippen molar-refractivity contribution in [3.63, 3.8) is 0 Å². The number of benzene rings is 2. The first-order chi connectivity index (χ1) is 13.9. The second-order valence-electron chi connectivity index (χ2n) is 6.94. The molecule has 148 valence electrons. The van der Waals surface area contributed by atoms with Crippen molar-refractivity contribution in [2.24, 2.45) is 0 Å². The zero-order valence-electron chi connectivity index (χ0n) is 15.4. The van der Waals surface area contributed by atoms with E-state index in [1.165, 1.54) is 6.07 Å². The van der Waals surface area contributed by atoms with Crippen LogP contribution in [-0.4, -0.2) is 36.6 Å². The van der Waals surface area contributed by atoms with Crippen LogP contribution in [0.4, 0.5) is 26.3 Å². The zero-order chi connectivity index (χ0) is 22.6. The fourth-order valence-electron chi connectivity index (χ4n) is 3.96. The number of rotatable bonds is 2. The molecule has 0 amide bonds. The lowest BCUT2D eigenvalue weighted by atomic mass is 9.40. The maximum Gasteiger partial charge on any atom is 0.336 e. The third-order valence-corrected chi connectivity index (χ3v) is 5.23. The molecule has 0 spiro atoms. The lowest BCUT2D eigenvalue weighted by Crippen LogP contribution is -2.42. The number of hydrogen-bond acceptors (Lipinski definition) is 2. The van der Waals surface area contributed by atoms with Crippen LogP contribution in [0.3, 0.4) is 0 Å². The van der Waals surface area contributed by atoms with Crippen molar-refractivity contribution in [2.45, 2.75) is 28.8 Å². The Bertz CT molecular complexity index is 1050. The SMILES string of the molecule is CF.[B]C1c2c(Oc3cc(F)cc(C#N)c3)ccc3c2C(C1([B])[B])C(F)(F)C3(F)F. The number of nitrogens with zero attached hydrogens (tertiary/aromatic N) is 1. The van der Waals surface area contributed by atoms with Crippen molar-refractivity contribution in [2.75, 3.05) is 7.18 Å². The molecule has 0 heterocycles. The van der Waals surface area contributed by atoms with Crippen LogP contribution < -0.4 is 4.74 Å². The first-order valence-electron chi connectivity index (χ1n) is 8.45. The second kappa shape index (κ2) is 7.04. The lowest BCUT2D eigenvalue weighted by molar-refractivity contribution is -0.216. The molecule has 0 aliphatic heterocycles. The minimum Gasteiger partial charge on any atom is -0.457 e.